The third-order valence-electron chi connectivity index (χ3n) is 6.29. The summed E-state index contributed by atoms with van der Waals surface area (Å²) in [5, 5.41) is 9.64. The fraction of sp³-hybridized carbons (Fsp3) is 0.133. The highest BCUT2D eigenvalue weighted by atomic mass is 19.2. The molecule has 0 spiro atoms. The first-order valence-corrected chi connectivity index (χ1v) is 11.5. The van der Waals surface area contributed by atoms with E-state index in [1.807, 2.05) is 0 Å². The smallest absolute Gasteiger partial charge is 0.167 e. The molecular weight excluding hydrogens is 468 g/mol. The maximum Gasteiger partial charge on any atom is 0.167 e. The number of aliphatic hydroxyl groups is 1. The lowest BCUT2D eigenvalue weighted by Crippen LogP contribution is -1.96. The van der Waals surface area contributed by atoms with Gasteiger partial charge in [0.15, 0.2) is 23.3 Å². The van der Waals surface area contributed by atoms with Crippen LogP contribution in [-0.2, 0) is 4.74 Å². The Morgan fingerprint density at radius 2 is 1.28 bits per heavy atom. The molecule has 36 heavy (non-hydrogen) atoms. The summed E-state index contributed by atoms with van der Waals surface area (Å²) in [4.78, 5) is 0. The molecule has 1 aliphatic rings. The summed E-state index contributed by atoms with van der Waals surface area (Å²) in [6, 6.07) is 19.3. The number of aliphatic hydroxyl groups excluding tert-OH is 1. The average molecular weight is 490 g/mol. The van der Waals surface area contributed by atoms with E-state index in [1.54, 1.807) is 61.5 Å². The lowest BCUT2D eigenvalue weighted by molar-refractivity contribution is 0.199. The van der Waals surface area contributed by atoms with Crippen LogP contribution in [0.2, 0.25) is 0 Å². The summed E-state index contributed by atoms with van der Waals surface area (Å²) in [5.41, 5.74) is 2.90. The van der Waals surface area contributed by atoms with Crippen LogP contribution in [0.25, 0.3) is 34.4 Å². The van der Waals surface area contributed by atoms with Gasteiger partial charge in [0.2, 0.25) is 0 Å². The van der Waals surface area contributed by atoms with Gasteiger partial charge in [-0.2, -0.15) is 0 Å². The van der Waals surface area contributed by atoms with Gasteiger partial charge in [0.1, 0.15) is 6.10 Å². The Bertz CT molecular complexity index is 1440. The van der Waals surface area contributed by atoms with Gasteiger partial charge in [0.25, 0.3) is 0 Å². The van der Waals surface area contributed by atoms with Gasteiger partial charge >= 0.3 is 0 Å². The normalized spacial score (nSPS) is 15.9. The van der Waals surface area contributed by atoms with Gasteiger partial charge in [-0.05, 0) is 29.2 Å². The van der Waals surface area contributed by atoms with Crippen LogP contribution in [0.4, 0.5) is 17.6 Å². The maximum atomic E-state index is 15.0. The second-order valence-corrected chi connectivity index (χ2v) is 8.74. The summed E-state index contributed by atoms with van der Waals surface area (Å²) in [5.74, 6) is -3.77. The van der Waals surface area contributed by atoms with Crippen LogP contribution in [0.3, 0.4) is 0 Å². The molecule has 6 heteroatoms. The van der Waals surface area contributed by atoms with E-state index in [9.17, 15) is 22.7 Å². The van der Waals surface area contributed by atoms with Gasteiger partial charge in [0, 0.05) is 22.3 Å². The van der Waals surface area contributed by atoms with E-state index in [0.717, 1.165) is 0 Å². The highest BCUT2D eigenvalue weighted by Crippen LogP contribution is 2.34. The van der Waals surface area contributed by atoms with Crippen molar-refractivity contribution in [2.75, 3.05) is 6.61 Å². The molecule has 1 N–H and O–H groups in total. The number of rotatable bonds is 6. The van der Waals surface area contributed by atoms with Gasteiger partial charge in [-0.25, -0.2) is 17.6 Å². The molecule has 2 atom stereocenters. The lowest BCUT2D eigenvalue weighted by atomic mass is 9.97. The van der Waals surface area contributed by atoms with Gasteiger partial charge in [-0.15, -0.1) is 0 Å². The minimum absolute atomic E-state index is 0.103. The van der Waals surface area contributed by atoms with Gasteiger partial charge in [-0.3, -0.25) is 0 Å². The van der Waals surface area contributed by atoms with Crippen molar-refractivity contribution in [2.24, 2.45) is 0 Å². The molecule has 4 aromatic rings. The predicted molar refractivity (Wildman–Crippen MR) is 132 cm³/mol. The predicted octanol–water partition coefficient (Wildman–Crippen LogP) is 7.87. The highest BCUT2D eigenvalue weighted by molar-refractivity contribution is 5.75. The van der Waals surface area contributed by atoms with Crippen LogP contribution in [-0.4, -0.2) is 11.7 Å². The lowest BCUT2D eigenvalue weighted by Gasteiger charge is -2.11. The fourth-order valence-corrected chi connectivity index (χ4v) is 4.08. The standard InChI is InChI=1S/C30H22F4O2/c1-17(35)19-8-10-21(11-9-19)24-15-14-23(28(32)29(24)33)20-5-2-18(3-6-20)4-7-22-12-13-25(26-16-36-26)30(34)27(22)31/h2-15,17,26,35H,16H2,1H3/b7-4+. The molecule has 0 aromatic heterocycles. The third-order valence-corrected chi connectivity index (χ3v) is 6.29. The van der Waals surface area contributed by atoms with E-state index in [0.29, 0.717) is 28.9 Å². The Kier molecular flexibility index (Phi) is 6.48. The van der Waals surface area contributed by atoms with E-state index in [2.05, 4.69) is 0 Å². The quantitative estimate of drug-likeness (QED) is 0.169. The molecule has 1 saturated heterocycles. The molecular formula is C30H22F4O2. The fourth-order valence-electron chi connectivity index (χ4n) is 4.08. The Balaban J connectivity index is 1.36. The first-order chi connectivity index (χ1) is 17.3. The molecule has 1 fully saturated rings. The first-order valence-electron chi connectivity index (χ1n) is 11.5. The molecule has 4 aromatic carbocycles. The molecule has 0 radical (unpaired) electrons. The zero-order valence-corrected chi connectivity index (χ0v) is 19.3. The molecule has 2 nitrogen and oxygen atoms in total. The van der Waals surface area contributed by atoms with Crippen molar-refractivity contribution in [3.63, 3.8) is 0 Å². The number of ether oxygens (including phenoxy) is 1. The molecule has 0 bridgehead atoms. The largest absolute Gasteiger partial charge is 0.389 e. The summed E-state index contributed by atoms with van der Waals surface area (Å²) in [6.07, 6.45) is 2.05. The Morgan fingerprint density at radius 3 is 1.81 bits per heavy atom. The summed E-state index contributed by atoms with van der Waals surface area (Å²) in [6.45, 7) is 2.02. The Labute approximate surface area is 206 Å². The third kappa shape index (κ3) is 4.70. The average Bonchev–Trinajstić information content (AvgIpc) is 3.72. The van der Waals surface area contributed by atoms with Crippen molar-refractivity contribution in [3.8, 4) is 22.3 Å². The Morgan fingerprint density at radius 1 is 0.722 bits per heavy atom. The van der Waals surface area contributed by atoms with Gasteiger partial charge in [-0.1, -0.05) is 84.9 Å². The second-order valence-electron chi connectivity index (χ2n) is 8.74. The molecule has 1 aliphatic heterocycles. The number of hydrogen-bond donors (Lipinski definition) is 1. The van der Waals surface area contributed by atoms with Crippen molar-refractivity contribution in [2.45, 2.75) is 19.1 Å². The first kappa shape index (κ1) is 24.0. The van der Waals surface area contributed by atoms with Gasteiger partial charge < -0.3 is 9.84 Å². The molecule has 1 heterocycles. The second kappa shape index (κ2) is 9.72. The number of halogens is 4. The summed E-state index contributed by atoms with van der Waals surface area (Å²) in [7, 11) is 0. The minimum atomic E-state index is -0.965. The van der Waals surface area contributed by atoms with Crippen molar-refractivity contribution in [3.05, 3.63) is 118 Å². The van der Waals surface area contributed by atoms with E-state index >= 15 is 0 Å². The van der Waals surface area contributed by atoms with Crippen molar-refractivity contribution in [1.29, 1.82) is 0 Å². The highest BCUT2D eigenvalue weighted by Gasteiger charge is 2.29. The van der Waals surface area contributed by atoms with Crippen LogP contribution in [0.5, 0.6) is 0 Å². The Hall–Kier alpha value is -3.74. The maximum absolute atomic E-state index is 15.0. The van der Waals surface area contributed by atoms with Crippen molar-refractivity contribution >= 4 is 12.2 Å². The van der Waals surface area contributed by atoms with Crippen LogP contribution in [0.1, 0.15) is 41.4 Å². The van der Waals surface area contributed by atoms with Crippen LogP contribution >= 0.6 is 0 Å². The van der Waals surface area contributed by atoms with E-state index in [4.69, 9.17) is 4.74 Å². The van der Waals surface area contributed by atoms with E-state index in [1.165, 1.54) is 30.3 Å². The minimum Gasteiger partial charge on any atom is -0.389 e. The number of epoxide rings is 1. The van der Waals surface area contributed by atoms with Crippen LogP contribution < -0.4 is 0 Å². The topological polar surface area (TPSA) is 32.8 Å². The van der Waals surface area contributed by atoms with E-state index < -0.39 is 29.4 Å². The van der Waals surface area contributed by atoms with Crippen LogP contribution in [0.15, 0.2) is 72.8 Å². The SMILES string of the molecule is CC(O)c1ccc(-c2ccc(-c3ccc(/C=C/c4ccc(C5CO5)c(F)c4F)cc3)c(F)c2F)cc1. The zero-order chi connectivity index (χ0) is 25.4. The number of benzene rings is 4. The van der Waals surface area contributed by atoms with Gasteiger partial charge in [0.05, 0.1) is 12.7 Å². The summed E-state index contributed by atoms with van der Waals surface area (Å²) >= 11 is 0. The van der Waals surface area contributed by atoms with Crippen LogP contribution in [0, 0.1) is 23.3 Å². The molecule has 0 amide bonds. The molecule has 0 saturated carbocycles. The number of hydrogen-bond acceptors (Lipinski definition) is 2. The molecule has 0 aliphatic carbocycles. The monoisotopic (exact) mass is 490 g/mol. The van der Waals surface area contributed by atoms with Crippen molar-refractivity contribution < 1.29 is 27.4 Å². The van der Waals surface area contributed by atoms with Crippen molar-refractivity contribution in [1.82, 2.24) is 0 Å². The molecule has 5 rings (SSSR count). The summed E-state index contributed by atoms with van der Waals surface area (Å²) < 4.78 is 63.5. The zero-order valence-electron chi connectivity index (χ0n) is 19.3. The van der Waals surface area contributed by atoms with E-state index in [-0.39, 0.29) is 28.4 Å². The molecule has 182 valence electrons. The molecule has 2 unspecified atom stereocenters.